The third-order valence-corrected chi connectivity index (χ3v) is 3.78. The van der Waals surface area contributed by atoms with Gasteiger partial charge in [-0.3, -0.25) is 4.98 Å². The van der Waals surface area contributed by atoms with Gasteiger partial charge in [-0.2, -0.15) is 0 Å². The second kappa shape index (κ2) is 4.36. The van der Waals surface area contributed by atoms with Crippen LogP contribution < -0.4 is 5.73 Å². The molecular weight excluding hydrogens is 208 g/mol. The minimum absolute atomic E-state index is 0.577. The number of anilines is 1. The molecule has 3 rings (SSSR count). The van der Waals surface area contributed by atoms with E-state index in [1.54, 1.807) is 0 Å². The van der Waals surface area contributed by atoms with Crippen LogP contribution in [-0.4, -0.2) is 4.98 Å². The lowest BCUT2D eigenvalue weighted by Crippen LogP contribution is -2.09. The van der Waals surface area contributed by atoms with Crippen molar-refractivity contribution in [2.75, 3.05) is 5.73 Å². The van der Waals surface area contributed by atoms with E-state index in [9.17, 15) is 0 Å². The van der Waals surface area contributed by atoms with Gasteiger partial charge in [0, 0.05) is 11.3 Å². The molecule has 17 heavy (non-hydrogen) atoms. The molecule has 0 aliphatic heterocycles. The van der Waals surface area contributed by atoms with Crippen LogP contribution in [0.25, 0.3) is 10.9 Å². The SMILES string of the molecule is Nc1cc2ccccc2nc1C1CCCCC1. The Balaban J connectivity index is 2.06. The number of nitrogens with two attached hydrogens (primary N) is 1. The van der Waals surface area contributed by atoms with Crippen LogP contribution in [0, 0.1) is 0 Å². The lowest BCUT2D eigenvalue weighted by molar-refractivity contribution is 0.438. The van der Waals surface area contributed by atoms with Crippen molar-refractivity contribution < 1.29 is 0 Å². The number of hydrogen-bond acceptors (Lipinski definition) is 2. The fourth-order valence-corrected chi connectivity index (χ4v) is 2.85. The second-order valence-corrected chi connectivity index (χ2v) is 4.99. The Bertz CT molecular complexity index is 527. The lowest BCUT2D eigenvalue weighted by Gasteiger charge is -2.22. The summed E-state index contributed by atoms with van der Waals surface area (Å²) >= 11 is 0. The van der Waals surface area contributed by atoms with Crippen LogP contribution in [0.4, 0.5) is 5.69 Å². The first-order valence-corrected chi connectivity index (χ1v) is 6.50. The Labute approximate surface area is 102 Å². The topological polar surface area (TPSA) is 38.9 Å². The molecule has 0 amide bonds. The molecule has 0 spiro atoms. The first-order valence-electron chi connectivity index (χ1n) is 6.50. The van der Waals surface area contributed by atoms with Gasteiger partial charge in [-0.05, 0) is 25.0 Å². The Hall–Kier alpha value is -1.57. The zero-order chi connectivity index (χ0) is 11.7. The molecule has 1 aromatic carbocycles. The molecule has 0 atom stereocenters. The molecule has 0 unspecified atom stereocenters. The van der Waals surface area contributed by atoms with Gasteiger partial charge < -0.3 is 5.73 Å². The maximum atomic E-state index is 6.15. The monoisotopic (exact) mass is 226 g/mol. The number of benzene rings is 1. The summed E-state index contributed by atoms with van der Waals surface area (Å²) in [6.45, 7) is 0. The molecule has 1 aliphatic carbocycles. The third kappa shape index (κ3) is 1.99. The highest BCUT2D eigenvalue weighted by molar-refractivity contribution is 5.82. The van der Waals surface area contributed by atoms with Crippen LogP contribution in [0.2, 0.25) is 0 Å². The zero-order valence-electron chi connectivity index (χ0n) is 10.0. The highest BCUT2D eigenvalue weighted by Gasteiger charge is 2.19. The standard InChI is InChI=1S/C15H18N2/c16-13-10-12-8-4-5-9-14(12)17-15(13)11-6-2-1-3-7-11/h4-5,8-11H,1-3,6-7,16H2. The molecule has 1 saturated carbocycles. The van der Waals surface area contributed by atoms with E-state index in [0.29, 0.717) is 5.92 Å². The fourth-order valence-electron chi connectivity index (χ4n) is 2.85. The summed E-state index contributed by atoms with van der Waals surface area (Å²) in [5.41, 5.74) is 9.23. The van der Waals surface area contributed by atoms with Crippen molar-refractivity contribution in [1.29, 1.82) is 0 Å². The van der Waals surface area contributed by atoms with E-state index in [-0.39, 0.29) is 0 Å². The molecule has 2 nitrogen and oxygen atoms in total. The van der Waals surface area contributed by atoms with Crippen molar-refractivity contribution in [2.24, 2.45) is 0 Å². The third-order valence-electron chi connectivity index (χ3n) is 3.78. The maximum absolute atomic E-state index is 6.15. The number of nitrogens with zero attached hydrogens (tertiary/aromatic N) is 1. The molecule has 2 heteroatoms. The number of aromatic nitrogens is 1. The highest BCUT2D eigenvalue weighted by atomic mass is 14.8. The van der Waals surface area contributed by atoms with E-state index in [1.807, 2.05) is 12.1 Å². The van der Waals surface area contributed by atoms with Crippen LogP contribution in [-0.2, 0) is 0 Å². The summed E-state index contributed by atoms with van der Waals surface area (Å²) < 4.78 is 0. The Morgan fingerprint density at radius 3 is 2.65 bits per heavy atom. The summed E-state index contributed by atoms with van der Waals surface area (Å²) in [6.07, 6.45) is 6.49. The molecule has 2 aromatic rings. The summed E-state index contributed by atoms with van der Waals surface area (Å²) in [4.78, 5) is 4.77. The van der Waals surface area contributed by atoms with Crippen molar-refractivity contribution in [3.63, 3.8) is 0 Å². The maximum Gasteiger partial charge on any atom is 0.0707 e. The summed E-state index contributed by atoms with van der Waals surface area (Å²) in [5, 5.41) is 1.14. The molecule has 1 aliphatic rings. The van der Waals surface area contributed by atoms with Crippen LogP contribution in [0.5, 0.6) is 0 Å². The lowest BCUT2D eigenvalue weighted by atomic mass is 9.86. The van der Waals surface area contributed by atoms with E-state index in [1.165, 1.54) is 32.1 Å². The molecule has 88 valence electrons. The highest BCUT2D eigenvalue weighted by Crippen LogP contribution is 2.35. The van der Waals surface area contributed by atoms with Crippen molar-refractivity contribution in [3.05, 3.63) is 36.0 Å². The fraction of sp³-hybridized carbons (Fsp3) is 0.400. The molecule has 1 fully saturated rings. The smallest absolute Gasteiger partial charge is 0.0707 e. The van der Waals surface area contributed by atoms with Crippen LogP contribution in [0.15, 0.2) is 30.3 Å². The molecule has 0 bridgehead atoms. The van der Waals surface area contributed by atoms with Gasteiger partial charge in [-0.25, -0.2) is 0 Å². The van der Waals surface area contributed by atoms with Gasteiger partial charge in [0.2, 0.25) is 0 Å². The van der Waals surface area contributed by atoms with E-state index < -0.39 is 0 Å². The Kier molecular flexibility index (Phi) is 2.71. The molecule has 0 radical (unpaired) electrons. The molecule has 1 heterocycles. The summed E-state index contributed by atoms with van der Waals surface area (Å²) in [6, 6.07) is 10.3. The molecule has 1 aromatic heterocycles. The Morgan fingerprint density at radius 1 is 1.06 bits per heavy atom. The minimum atomic E-state index is 0.577. The summed E-state index contributed by atoms with van der Waals surface area (Å²) in [7, 11) is 0. The largest absolute Gasteiger partial charge is 0.397 e. The zero-order valence-corrected chi connectivity index (χ0v) is 10.0. The average Bonchev–Trinajstić information content (AvgIpc) is 2.39. The molecular formula is C15H18N2. The van der Waals surface area contributed by atoms with Crippen molar-refractivity contribution in [3.8, 4) is 0 Å². The van der Waals surface area contributed by atoms with Gasteiger partial charge in [0.25, 0.3) is 0 Å². The van der Waals surface area contributed by atoms with E-state index in [2.05, 4.69) is 18.2 Å². The van der Waals surface area contributed by atoms with Crippen molar-refractivity contribution in [2.45, 2.75) is 38.0 Å². The van der Waals surface area contributed by atoms with Crippen LogP contribution in [0.3, 0.4) is 0 Å². The number of fused-ring (bicyclic) bond motifs is 1. The Morgan fingerprint density at radius 2 is 1.82 bits per heavy atom. The predicted molar refractivity (Wildman–Crippen MR) is 72.0 cm³/mol. The number of rotatable bonds is 1. The predicted octanol–water partition coefficient (Wildman–Crippen LogP) is 3.86. The number of nitrogen functional groups attached to an aromatic ring is 1. The first-order chi connectivity index (χ1) is 8.34. The van der Waals surface area contributed by atoms with Crippen molar-refractivity contribution in [1.82, 2.24) is 4.98 Å². The minimum Gasteiger partial charge on any atom is -0.397 e. The number of hydrogen-bond donors (Lipinski definition) is 1. The first kappa shape index (κ1) is 10.6. The van der Waals surface area contributed by atoms with Crippen LogP contribution in [0.1, 0.15) is 43.7 Å². The quantitative estimate of drug-likeness (QED) is 0.801. The van der Waals surface area contributed by atoms with E-state index in [0.717, 1.165) is 22.3 Å². The van der Waals surface area contributed by atoms with Gasteiger partial charge >= 0.3 is 0 Å². The van der Waals surface area contributed by atoms with Gasteiger partial charge in [-0.1, -0.05) is 37.5 Å². The molecule has 0 saturated heterocycles. The normalized spacial score (nSPS) is 17.4. The number of para-hydroxylation sites is 1. The van der Waals surface area contributed by atoms with Gasteiger partial charge in [0.15, 0.2) is 0 Å². The summed E-state index contributed by atoms with van der Waals surface area (Å²) in [5.74, 6) is 0.577. The van der Waals surface area contributed by atoms with Gasteiger partial charge in [-0.15, -0.1) is 0 Å². The van der Waals surface area contributed by atoms with E-state index in [4.69, 9.17) is 10.7 Å². The second-order valence-electron chi connectivity index (χ2n) is 4.99. The van der Waals surface area contributed by atoms with Gasteiger partial charge in [0.05, 0.1) is 16.9 Å². The average molecular weight is 226 g/mol. The van der Waals surface area contributed by atoms with E-state index >= 15 is 0 Å². The van der Waals surface area contributed by atoms with Crippen molar-refractivity contribution >= 4 is 16.6 Å². The molecule has 2 N–H and O–H groups in total. The van der Waals surface area contributed by atoms with Crippen LogP contribution >= 0.6 is 0 Å². The number of pyridine rings is 1. The van der Waals surface area contributed by atoms with Gasteiger partial charge in [0.1, 0.15) is 0 Å².